The Bertz CT molecular complexity index is 929. The smallest absolute Gasteiger partial charge is 0.363 e. The summed E-state index contributed by atoms with van der Waals surface area (Å²) in [5.41, 5.74) is -5.75. The molecule has 1 aliphatic heterocycles. The standard InChI is InChI=1S/C17H12F6N2O2S2/c18-16(19,20)9-5-2-1-4-8(9)12-11(13(26)10-6-3-7-29-10)15(27,17(21,22)23)25-14(28)24-12/h1-7,11-12,27H,(H2,24,25,28)/t11-,12-,15-/m0/s1. The van der Waals surface area contributed by atoms with Gasteiger partial charge < -0.3 is 15.7 Å². The van der Waals surface area contributed by atoms with Gasteiger partial charge in [-0.3, -0.25) is 4.79 Å². The number of carbonyl (C=O) groups is 1. The van der Waals surface area contributed by atoms with Crippen LogP contribution in [0, 0.1) is 5.92 Å². The monoisotopic (exact) mass is 454 g/mol. The van der Waals surface area contributed by atoms with Gasteiger partial charge in [-0.05, 0) is 35.3 Å². The molecule has 1 aromatic heterocycles. The van der Waals surface area contributed by atoms with Gasteiger partial charge >= 0.3 is 12.4 Å². The number of benzene rings is 1. The summed E-state index contributed by atoms with van der Waals surface area (Å²) in [6.07, 6.45) is -10.3. The number of halogens is 6. The van der Waals surface area contributed by atoms with Crippen molar-refractivity contribution in [3.8, 4) is 0 Å². The summed E-state index contributed by atoms with van der Waals surface area (Å²) in [7, 11) is 0. The second kappa shape index (κ2) is 7.26. The van der Waals surface area contributed by atoms with Crippen LogP contribution in [0.1, 0.15) is 26.8 Å². The number of nitrogens with one attached hydrogen (secondary N) is 2. The molecule has 3 rings (SSSR count). The molecule has 2 aromatic rings. The van der Waals surface area contributed by atoms with Crippen molar-refractivity contribution in [2.75, 3.05) is 0 Å². The van der Waals surface area contributed by atoms with E-state index in [2.05, 4.69) is 5.32 Å². The molecule has 3 N–H and O–H groups in total. The molecule has 12 heteroatoms. The number of carbonyl (C=O) groups excluding carboxylic acids is 1. The SMILES string of the molecule is O=C(c1cccs1)[C@@H]1[C@H](c2ccccc2C(F)(F)F)NC(=S)N[C@@]1(O)C(F)(F)F. The van der Waals surface area contributed by atoms with Crippen molar-refractivity contribution in [2.24, 2.45) is 5.92 Å². The molecule has 0 bridgehead atoms. The second-order valence-electron chi connectivity index (χ2n) is 6.24. The van der Waals surface area contributed by atoms with Crippen molar-refractivity contribution < 1.29 is 36.2 Å². The third-order valence-electron chi connectivity index (χ3n) is 4.45. The van der Waals surface area contributed by atoms with Crippen LogP contribution in [0.3, 0.4) is 0 Å². The first-order chi connectivity index (χ1) is 13.4. The molecule has 4 nitrogen and oxygen atoms in total. The molecule has 0 amide bonds. The van der Waals surface area contributed by atoms with Crippen LogP contribution in [0.15, 0.2) is 41.8 Å². The van der Waals surface area contributed by atoms with Crippen molar-refractivity contribution in [1.82, 2.24) is 10.6 Å². The fourth-order valence-corrected chi connectivity index (χ4v) is 4.18. The van der Waals surface area contributed by atoms with Crippen molar-refractivity contribution in [3.63, 3.8) is 0 Å². The van der Waals surface area contributed by atoms with Gasteiger partial charge in [0.05, 0.1) is 16.5 Å². The van der Waals surface area contributed by atoms with Crippen LogP contribution >= 0.6 is 23.6 Å². The quantitative estimate of drug-likeness (QED) is 0.371. The summed E-state index contributed by atoms with van der Waals surface area (Å²) >= 11 is 5.51. The zero-order chi connectivity index (χ0) is 21.6. The van der Waals surface area contributed by atoms with Gasteiger partial charge in [0.2, 0.25) is 5.72 Å². The lowest BCUT2D eigenvalue weighted by Crippen LogP contribution is -2.72. The largest absolute Gasteiger partial charge is 0.437 e. The number of thiocarbonyl (C=S) groups is 1. The van der Waals surface area contributed by atoms with Crippen molar-refractivity contribution in [2.45, 2.75) is 24.1 Å². The molecule has 0 aliphatic carbocycles. The number of rotatable bonds is 3. The maximum Gasteiger partial charge on any atom is 0.437 e. The Balaban J connectivity index is 2.24. The molecule has 1 fully saturated rings. The average Bonchev–Trinajstić information content (AvgIpc) is 3.13. The predicted molar refractivity (Wildman–Crippen MR) is 96.2 cm³/mol. The van der Waals surface area contributed by atoms with E-state index in [9.17, 15) is 36.2 Å². The van der Waals surface area contributed by atoms with E-state index in [1.54, 1.807) is 5.32 Å². The topological polar surface area (TPSA) is 61.4 Å². The molecule has 156 valence electrons. The third kappa shape index (κ3) is 3.83. The van der Waals surface area contributed by atoms with E-state index in [1.165, 1.54) is 23.6 Å². The Labute approximate surface area is 169 Å². The van der Waals surface area contributed by atoms with Crippen LogP contribution in [0.2, 0.25) is 0 Å². The highest BCUT2D eigenvalue weighted by Gasteiger charge is 2.66. The summed E-state index contributed by atoms with van der Waals surface area (Å²) in [4.78, 5) is 12.8. The van der Waals surface area contributed by atoms with Gasteiger partial charge in [-0.2, -0.15) is 26.3 Å². The molecular weight excluding hydrogens is 442 g/mol. The summed E-state index contributed by atoms with van der Waals surface area (Å²) < 4.78 is 81.9. The minimum atomic E-state index is -5.41. The average molecular weight is 454 g/mol. The van der Waals surface area contributed by atoms with Crippen LogP contribution in [-0.2, 0) is 6.18 Å². The summed E-state index contributed by atoms with van der Waals surface area (Å²) in [6, 6.07) is 4.62. The molecule has 29 heavy (non-hydrogen) atoms. The van der Waals surface area contributed by atoms with E-state index in [0.29, 0.717) is 6.07 Å². The van der Waals surface area contributed by atoms with Crippen LogP contribution < -0.4 is 10.6 Å². The van der Waals surface area contributed by atoms with Crippen LogP contribution in [0.25, 0.3) is 0 Å². The lowest BCUT2D eigenvalue weighted by molar-refractivity contribution is -0.285. The molecule has 0 spiro atoms. The number of hydrogen-bond donors (Lipinski definition) is 3. The fraction of sp³-hybridized carbons (Fsp3) is 0.294. The molecule has 0 unspecified atom stereocenters. The highest BCUT2D eigenvalue weighted by Crippen LogP contribution is 2.46. The Morgan fingerprint density at radius 1 is 1.10 bits per heavy atom. The number of alkyl halides is 6. The zero-order valence-electron chi connectivity index (χ0n) is 14.1. The minimum absolute atomic E-state index is 0.149. The maximum absolute atomic E-state index is 13.8. The van der Waals surface area contributed by atoms with E-state index in [4.69, 9.17) is 12.2 Å². The highest BCUT2D eigenvalue weighted by atomic mass is 32.1. The lowest BCUT2D eigenvalue weighted by atomic mass is 9.77. The third-order valence-corrected chi connectivity index (χ3v) is 5.56. The second-order valence-corrected chi connectivity index (χ2v) is 7.60. The number of thiophene rings is 1. The van der Waals surface area contributed by atoms with Crippen LogP contribution in [-0.4, -0.2) is 27.9 Å². The first kappa shape index (κ1) is 21.5. The van der Waals surface area contributed by atoms with E-state index in [-0.39, 0.29) is 4.88 Å². The van der Waals surface area contributed by atoms with Crippen molar-refractivity contribution in [3.05, 3.63) is 57.8 Å². The number of ketones is 1. The summed E-state index contributed by atoms with van der Waals surface area (Å²) in [6.45, 7) is 0. The molecule has 3 atom stereocenters. The maximum atomic E-state index is 13.8. The van der Waals surface area contributed by atoms with Gasteiger partial charge in [0.15, 0.2) is 10.9 Å². The van der Waals surface area contributed by atoms with Crippen molar-refractivity contribution >= 4 is 34.5 Å². The zero-order valence-corrected chi connectivity index (χ0v) is 15.8. The first-order valence-corrected chi connectivity index (χ1v) is 9.26. The Kier molecular flexibility index (Phi) is 5.39. The molecular formula is C17H12F6N2O2S2. The predicted octanol–water partition coefficient (Wildman–Crippen LogP) is 4.04. The van der Waals surface area contributed by atoms with Gasteiger partial charge in [-0.15, -0.1) is 11.3 Å². The Hall–Kier alpha value is -2.18. The molecule has 1 aliphatic rings. The van der Waals surface area contributed by atoms with E-state index >= 15 is 0 Å². The van der Waals surface area contributed by atoms with Gasteiger partial charge in [-0.25, -0.2) is 0 Å². The number of hydrogen-bond acceptors (Lipinski definition) is 4. The normalized spacial score (nSPS) is 25.3. The highest BCUT2D eigenvalue weighted by molar-refractivity contribution is 7.80. The number of Topliss-reactive ketones (excluding diaryl/α,β-unsaturated/α-hetero) is 1. The Morgan fingerprint density at radius 3 is 2.31 bits per heavy atom. The number of aliphatic hydroxyl groups is 1. The van der Waals surface area contributed by atoms with Crippen LogP contribution in [0.5, 0.6) is 0 Å². The molecule has 2 heterocycles. The molecule has 0 radical (unpaired) electrons. The van der Waals surface area contributed by atoms with Crippen LogP contribution in [0.4, 0.5) is 26.3 Å². The van der Waals surface area contributed by atoms with E-state index < -0.39 is 52.1 Å². The summed E-state index contributed by atoms with van der Waals surface area (Å²) in [5.74, 6) is -3.55. The molecule has 1 saturated heterocycles. The molecule has 0 saturated carbocycles. The minimum Gasteiger partial charge on any atom is -0.363 e. The van der Waals surface area contributed by atoms with Gasteiger partial charge in [0.25, 0.3) is 0 Å². The first-order valence-electron chi connectivity index (χ1n) is 7.98. The molecule has 1 aromatic carbocycles. The lowest BCUT2D eigenvalue weighted by Gasteiger charge is -2.46. The van der Waals surface area contributed by atoms with E-state index in [1.807, 2.05) is 0 Å². The fourth-order valence-electron chi connectivity index (χ4n) is 3.20. The Morgan fingerprint density at radius 2 is 1.76 bits per heavy atom. The van der Waals surface area contributed by atoms with Crippen molar-refractivity contribution in [1.29, 1.82) is 0 Å². The van der Waals surface area contributed by atoms with E-state index in [0.717, 1.165) is 23.5 Å². The van der Waals surface area contributed by atoms with Gasteiger partial charge in [-0.1, -0.05) is 24.3 Å². The van der Waals surface area contributed by atoms with Gasteiger partial charge in [0.1, 0.15) is 5.92 Å². The van der Waals surface area contributed by atoms with Gasteiger partial charge in [0, 0.05) is 0 Å². The summed E-state index contributed by atoms with van der Waals surface area (Å²) in [5, 5.41) is 15.1.